The largest absolute Gasteiger partial charge is 0.493 e. The zero-order chi connectivity index (χ0) is 16.5. The molecule has 4 nitrogen and oxygen atoms in total. The van der Waals surface area contributed by atoms with Gasteiger partial charge in [-0.1, -0.05) is 25.1 Å². The Morgan fingerprint density at radius 2 is 1.77 bits per heavy atom. The molecule has 0 saturated heterocycles. The lowest BCUT2D eigenvalue weighted by Crippen LogP contribution is -2.36. The Labute approximate surface area is 133 Å². The predicted molar refractivity (Wildman–Crippen MR) is 89.4 cm³/mol. The van der Waals surface area contributed by atoms with Crippen molar-refractivity contribution in [2.45, 2.75) is 13.3 Å². The van der Waals surface area contributed by atoms with Crippen molar-refractivity contribution in [3.63, 3.8) is 0 Å². The number of ether oxygens (including phenoxy) is 2. The SMILES string of the molecule is C=CCN(CC=C)C(=O)C(C)Cc1ccc(OC)c(OC)c1. The van der Waals surface area contributed by atoms with E-state index in [-0.39, 0.29) is 11.8 Å². The second kappa shape index (κ2) is 8.93. The number of hydrogen-bond acceptors (Lipinski definition) is 3. The van der Waals surface area contributed by atoms with Gasteiger partial charge in [-0.2, -0.15) is 0 Å². The van der Waals surface area contributed by atoms with Crippen LogP contribution in [0.5, 0.6) is 11.5 Å². The molecule has 0 fully saturated rings. The molecule has 0 N–H and O–H groups in total. The summed E-state index contributed by atoms with van der Waals surface area (Å²) in [7, 11) is 3.21. The molecule has 0 saturated carbocycles. The maximum atomic E-state index is 12.5. The van der Waals surface area contributed by atoms with Crippen molar-refractivity contribution >= 4 is 5.91 Å². The third-order valence-corrected chi connectivity index (χ3v) is 3.42. The first-order valence-electron chi connectivity index (χ1n) is 7.28. The van der Waals surface area contributed by atoms with Crippen LogP contribution in [0.4, 0.5) is 0 Å². The number of hydrogen-bond donors (Lipinski definition) is 0. The molecule has 0 bridgehead atoms. The van der Waals surface area contributed by atoms with Gasteiger partial charge in [-0.3, -0.25) is 4.79 Å². The van der Waals surface area contributed by atoms with Gasteiger partial charge in [0.05, 0.1) is 14.2 Å². The standard InChI is InChI=1S/C18H25NO3/c1-6-10-19(11-7-2)18(20)14(3)12-15-8-9-16(21-4)17(13-15)22-5/h6-9,13-14H,1-2,10-12H2,3-5H3. The van der Waals surface area contributed by atoms with Crippen LogP contribution in [0.2, 0.25) is 0 Å². The minimum absolute atomic E-state index is 0.0922. The van der Waals surface area contributed by atoms with E-state index < -0.39 is 0 Å². The molecule has 120 valence electrons. The van der Waals surface area contributed by atoms with Crippen molar-refractivity contribution in [1.82, 2.24) is 4.90 Å². The molecule has 0 aliphatic rings. The maximum Gasteiger partial charge on any atom is 0.226 e. The van der Waals surface area contributed by atoms with Crippen LogP contribution in [0, 0.1) is 5.92 Å². The number of rotatable bonds is 9. The summed E-state index contributed by atoms with van der Waals surface area (Å²) in [5, 5.41) is 0. The van der Waals surface area contributed by atoms with E-state index in [4.69, 9.17) is 9.47 Å². The number of nitrogens with zero attached hydrogens (tertiary/aromatic N) is 1. The first kappa shape index (κ1) is 17.8. The van der Waals surface area contributed by atoms with E-state index in [1.165, 1.54) is 0 Å². The molecule has 1 rings (SSSR count). The van der Waals surface area contributed by atoms with E-state index >= 15 is 0 Å². The van der Waals surface area contributed by atoms with E-state index in [1.54, 1.807) is 31.3 Å². The van der Waals surface area contributed by atoms with Crippen molar-refractivity contribution in [2.24, 2.45) is 5.92 Å². The van der Waals surface area contributed by atoms with Crippen LogP contribution in [0.1, 0.15) is 12.5 Å². The molecule has 0 radical (unpaired) electrons. The quantitative estimate of drug-likeness (QED) is 0.658. The zero-order valence-electron chi connectivity index (χ0n) is 13.7. The molecule has 1 unspecified atom stereocenters. The van der Waals surface area contributed by atoms with Crippen molar-refractivity contribution in [1.29, 1.82) is 0 Å². The molecule has 0 aliphatic heterocycles. The fourth-order valence-electron chi connectivity index (χ4n) is 2.33. The van der Waals surface area contributed by atoms with Gasteiger partial charge in [0.15, 0.2) is 11.5 Å². The molecule has 1 aromatic carbocycles. The monoisotopic (exact) mass is 303 g/mol. The summed E-state index contributed by atoms with van der Waals surface area (Å²) in [5.41, 5.74) is 1.04. The number of amides is 1. The smallest absolute Gasteiger partial charge is 0.226 e. The first-order chi connectivity index (χ1) is 10.6. The number of methoxy groups -OCH3 is 2. The minimum atomic E-state index is -0.127. The molecule has 1 aromatic rings. The molecule has 4 heteroatoms. The summed E-state index contributed by atoms with van der Waals surface area (Å²) in [6.45, 7) is 10.4. The lowest BCUT2D eigenvalue weighted by Gasteiger charge is -2.23. The number of carbonyl (C=O) groups excluding carboxylic acids is 1. The van der Waals surface area contributed by atoms with Crippen LogP contribution < -0.4 is 9.47 Å². The second-order valence-corrected chi connectivity index (χ2v) is 5.12. The van der Waals surface area contributed by atoms with Gasteiger partial charge in [-0.15, -0.1) is 13.2 Å². The lowest BCUT2D eigenvalue weighted by molar-refractivity contribution is -0.133. The van der Waals surface area contributed by atoms with Gasteiger partial charge in [0.25, 0.3) is 0 Å². The highest BCUT2D eigenvalue weighted by molar-refractivity contribution is 5.79. The molecule has 1 amide bonds. The van der Waals surface area contributed by atoms with E-state index in [2.05, 4.69) is 13.2 Å². The van der Waals surface area contributed by atoms with Crippen molar-refractivity contribution < 1.29 is 14.3 Å². The lowest BCUT2D eigenvalue weighted by atomic mass is 9.99. The molecule has 1 atom stereocenters. The average Bonchev–Trinajstić information content (AvgIpc) is 2.53. The minimum Gasteiger partial charge on any atom is -0.493 e. The average molecular weight is 303 g/mol. The van der Waals surface area contributed by atoms with Crippen LogP contribution in [-0.2, 0) is 11.2 Å². The molecular formula is C18H25NO3. The van der Waals surface area contributed by atoms with Crippen LogP contribution in [0.3, 0.4) is 0 Å². The normalized spacial score (nSPS) is 11.4. The van der Waals surface area contributed by atoms with Gasteiger partial charge < -0.3 is 14.4 Å². The Balaban J connectivity index is 2.82. The van der Waals surface area contributed by atoms with Gasteiger partial charge in [-0.05, 0) is 24.1 Å². The van der Waals surface area contributed by atoms with Gasteiger partial charge in [0.2, 0.25) is 5.91 Å². The van der Waals surface area contributed by atoms with Gasteiger partial charge in [0, 0.05) is 19.0 Å². The Hall–Kier alpha value is -2.23. The van der Waals surface area contributed by atoms with Gasteiger partial charge >= 0.3 is 0 Å². The Kier molecular flexibility index (Phi) is 7.23. The summed E-state index contributed by atoms with van der Waals surface area (Å²) in [6.07, 6.45) is 4.10. The molecule has 0 aromatic heterocycles. The van der Waals surface area contributed by atoms with Crippen LogP contribution in [-0.4, -0.2) is 38.1 Å². The Bertz CT molecular complexity index is 515. The fourth-order valence-corrected chi connectivity index (χ4v) is 2.33. The van der Waals surface area contributed by atoms with Crippen molar-refractivity contribution in [2.75, 3.05) is 27.3 Å². The van der Waals surface area contributed by atoms with E-state index in [9.17, 15) is 4.79 Å². The second-order valence-electron chi connectivity index (χ2n) is 5.12. The molecular weight excluding hydrogens is 278 g/mol. The van der Waals surface area contributed by atoms with E-state index in [0.717, 1.165) is 5.56 Å². The third kappa shape index (κ3) is 4.65. The highest BCUT2D eigenvalue weighted by Crippen LogP contribution is 2.28. The molecule has 0 spiro atoms. The highest BCUT2D eigenvalue weighted by Gasteiger charge is 2.19. The van der Waals surface area contributed by atoms with E-state index in [0.29, 0.717) is 31.0 Å². The predicted octanol–water partition coefficient (Wildman–Crippen LogP) is 3.08. The molecule has 22 heavy (non-hydrogen) atoms. The maximum absolute atomic E-state index is 12.5. The van der Waals surface area contributed by atoms with Crippen LogP contribution in [0.15, 0.2) is 43.5 Å². The van der Waals surface area contributed by atoms with Crippen LogP contribution in [0.25, 0.3) is 0 Å². The summed E-state index contributed by atoms with van der Waals surface area (Å²) in [5.74, 6) is 1.33. The molecule has 0 aliphatic carbocycles. The number of carbonyl (C=O) groups is 1. The summed E-state index contributed by atoms with van der Waals surface area (Å²) in [6, 6.07) is 5.72. The summed E-state index contributed by atoms with van der Waals surface area (Å²) >= 11 is 0. The fraction of sp³-hybridized carbons (Fsp3) is 0.389. The number of benzene rings is 1. The third-order valence-electron chi connectivity index (χ3n) is 3.42. The molecule has 0 heterocycles. The first-order valence-corrected chi connectivity index (χ1v) is 7.28. The summed E-state index contributed by atoms with van der Waals surface area (Å²) in [4.78, 5) is 14.2. The van der Waals surface area contributed by atoms with Crippen LogP contribution >= 0.6 is 0 Å². The Morgan fingerprint density at radius 1 is 1.18 bits per heavy atom. The topological polar surface area (TPSA) is 38.8 Å². The van der Waals surface area contributed by atoms with Crippen molar-refractivity contribution in [3.8, 4) is 11.5 Å². The van der Waals surface area contributed by atoms with E-state index in [1.807, 2.05) is 25.1 Å². The highest BCUT2D eigenvalue weighted by atomic mass is 16.5. The van der Waals surface area contributed by atoms with Gasteiger partial charge in [0.1, 0.15) is 0 Å². The summed E-state index contributed by atoms with van der Waals surface area (Å²) < 4.78 is 10.5. The van der Waals surface area contributed by atoms with Crippen molar-refractivity contribution in [3.05, 3.63) is 49.1 Å². The van der Waals surface area contributed by atoms with Gasteiger partial charge in [-0.25, -0.2) is 0 Å². The zero-order valence-corrected chi connectivity index (χ0v) is 13.7. The Morgan fingerprint density at radius 3 is 2.27 bits per heavy atom.